The molecule has 0 aliphatic heterocycles. The van der Waals surface area contributed by atoms with Crippen molar-refractivity contribution in [2.75, 3.05) is 0 Å². The van der Waals surface area contributed by atoms with Crippen LogP contribution in [0.15, 0.2) is 212 Å². The normalized spacial score (nSPS) is 12.8. The van der Waals surface area contributed by atoms with Crippen LogP contribution < -0.4 is 0 Å². The molecule has 0 spiro atoms. The van der Waals surface area contributed by atoms with Gasteiger partial charge in [-0.1, -0.05) is 178 Å². The summed E-state index contributed by atoms with van der Waals surface area (Å²) in [5.41, 5.74) is 18.7. The van der Waals surface area contributed by atoms with E-state index in [2.05, 4.69) is 231 Å². The minimum absolute atomic E-state index is 0.0674. The maximum Gasteiger partial charge on any atom is 0.145 e. The molecule has 2 aromatic heterocycles. The maximum absolute atomic E-state index is 5.17. The lowest BCUT2D eigenvalue weighted by Gasteiger charge is -2.22. The zero-order valence-corrected chi connectivity index (χ0v) is 34.5. The van der Waals surface area contributed by atoms with Crippen molar-refractivity contribution in [3.63, 3.8) is 0 Å². The number of hydrogen-bond donors (Lipinski definition) is 0. The number of fused-ring (bicyclic) bond motifs is 6. The summed E-state index contributed by atoms with van der Waals surface area (Å²) in [7, 11) is 0. The lowest BCUT2D eigenvalue weighted by molar-refractivity contribution is 0.660. The number of benzene rings is 9. The van der Waals surface area contributed by atoms with Gasteiger partial charge in [-0.3, -0.25) is 9.55 Å². The molecule has 0 radical (unpaired) electrons. The standard InChI is InChI=1S/C59H41N3/c1-59(2)51-22-12-11-19-45(51)46-32-30-42(36-52(46)59)53-34-31-43(37-60-53)57-48-21-10-9-20-47(48)56(39-15-5-3-6-16-39)50-35-41(29-33-49(50)57)38-25-27-40(28-26-38)58-61-54-23-13-14-24-55(54)62(58)44-17-7-4-8-18-44/h3-37H,1-2H3. The molecule has 1 aliphatic rings. The van der Waals surface area contributed by atoms with Gasteiger partial charge in [0.2, 0.25) is 0 Å². The minimum atomic E-state index is -0.0674. The minimum Gasteiger partial charge on any atom is -0.292 e. The van der Waals surface area contributed by atoms with E-state index in [0.717, 1.165) is 56.1 Å². The molecule has 12 rings (SSSR count). The smallest absolute Gasteiger partial charge is 0.145 e. The molecule has 0 atom stereocenters. The highest BCUT2D eigenvalue weighted by molar-refractivity contribution is 6.22. The zero-order valence-electron chi connectivity index (χ0n) is 34.5. The summed E-state index contributed by atoms with van der Waals surface area (Å²) < 4.78 is 2.26. The van der Waals surface area contributed by atoms with Gasteiger partial charge in [-0.2, -0.15) is 0 Å². The van der Waals surface area contributed by atoms with Crippen LogP contribution in [0, 0.1) is 0 Å². The first-order valence-corrected chi connectivity index (χ1v) is 21.4. The van der Waals surface area contributed by atoms with Gasteiger partial charge in [0.15, 0.2) is 0 Å². The van der Waals surface area contributed by atoms with Crippen molar-refractivity contribution < 1.29 is 0 Å². The third kappa shape index (κ3) is 5.66. The van der Waals surface area contributed by atoms with E-state index < -0.39 is 0 Å². The second kappa shape index (κ2) is 14.1. The van der Waals surface area contributed by atoms with Crippen molar-refractivity contribution in [2.24, 2.45) is 0 Å². The number of nitrogens with zero attached hydrogens (tertiary/aromatic N) is 3. The van der Waals surface area contributed by atoms with Gasteiger partial charge in [0, 0.05) is 34.0 Å². The fraction of sp³-hybridized carbons (Fsp3) is 0.0508. The summed E-state index contributed by atoms with van der Waals surface area (Å²) in [4.78, 5) is 10.3. The van der Waals surface area contributed by atoms with Crippen LogP contribution in [0.25, 0.3) is 105 Å². The lowest BCUT2D eigenvalue weighted by Crippen LogP contribution is -2.14. The van der Waals surface area contributed by atoms with E-state index in [4.69, 9.17) is 9.97 Å². The van der Waals surface area contributed by atoms with Gasteiger partial charge in [0.05, 0.1) is 16.7 Å². The largest absolute Gasteiger partial charge is 0.292 e. The molecule has 0 bridgehead atoms. The fourth-order valence-electron chi connectivity index (χ4n) is 10.0. The van der Waals surface area contributed by atoms with E-state index in [-0.39, 0.29) is 5.41 Å². The average Bonchev–Trinajstić information content (AvgIpc) is 3.83. The van der Waals surface area contributed by atoms with Gasteiger partial charge in [0.25, 0.3) is 0 Å². The molecule has 292 valence electrons. The number of rotatable bonds is 6. The van der Waals surface area contributed by atoms with Crippen molar-refractivity contribution in [3.8, 4) is 72.8 Å². The Hall–Kier alpha value is -7.88. The van der Waals surface area contributed by atoms with Gasteiger partial charge >= 0.3 is 0 Å². The Morgan fingerprint density at radius 1 is 0.403 bits per heavy atom. The summed E-state index contributed by atoms with van der Waals surface area (Å²) >= 11 is 0. The molecule has 9 aromatic carbocycles. The van der Waals surface area contributed by atoms with Crippen molar-refractivity contribution in [1.29, 1.82) is 0 Å². The van der Waals surface area contributed by atoms with Crippen LogP contribution in [0.5, 0.6) is 0 Å². The highest BCUT2D eigenvalue weighted by atomic mass is 15.1. The number of para-hydroxylation sites is 3. The molecule has 0 unspecified atom stereocenters. The summed E-state index contributed by atoms with van der Waals surface area (Å²) in [6.45, 7) is 4.66. The molecule has 0 saturated heterocycles. The summed E-state index contributed by atoms with van der Waals surface area (Å²) in [6.07, 6.45) is 2.07. The second-order valence-corrected chi connectivity index (χ2v) is 17.0. The molecule has 0 saturated carbocycles. The van der Waals surface area contributed by atoms with Gasteiger partial charge in [0.1, 0.15) is 5.82 Å². The predicted octanol–water partition coefficient (Wildman–Crippen LogP) is 15.4. The van der Waals surface area contributed by atoms with Crippen molar-refractivity contribution >= 4 is 32.6 Å². The van der Waals surface area contributed by atoms with Crippen molar-refractivity contribution in [2.45, 2.75) is 19.3 Å². The number of imidazole rings is 1. The van der Waals surface area contributed by atoms with Gasteiger partial charge in [-0.15, -0.1) is 0 Å². The first kappa shape index (κ1) is 36.0. The Morgan fingerprint density at radius 2 is 1.00 bits per heavy atom. The van der Waals surface area contributed by atoms with Crippen LogP contribution >= 0.6 is 0 Å². The van der Waals surface area contributed by atoms with E-state index in [9.17, 15) is 0 Å². The first-order chi connectivity index (χ1) is 30.5. The second-order valence-electron chi connectivity index (χ2n) is 17.0. The average molecular weight is 792 g/mol. The third-order valence-corrected chi connectivity index (χ3v) is 13.1. The molecule has 62 heavy (non-hydrogen) atoms. The Labute approximate surface area is 361 Å². The van der Waals surface area contributed by atoms with Gasteiger partial charge < -0.3 is 0 Å². The van der Waals surface area contributed by atoms with Gasteiger partial charge in [-0.25, -0.2) is 4.98 Å². The molecular formula is C59H41N3. The van der Waals surface area contributed by atoms with Crippen LogP contribution in [-0.4, -0.2) is 14.5 Å². The van der Waals surface area contributed by atoms with Crippen LogP contribution in [0.4, 0.5) is 0 Å². The lowest BCUT2D eigenvalue weighted by atomic mass is 9.82. The number of aromatic nitrogens is 3. The molecule has 3 nitrogen and oxygen atoms in total. The molecule has 1 aliphatic carbocycles. The first-order valence-electron chi connectivity index (χ1n) is 21.4. The highest BCUT2D eigenvalue weighted by Crippen LogP contribution is 2.50. The highest BCUT2D eigenvalue weighted by Gasteiger charge is 2.35. The number of pyridine rings is 1. The third-order valence-electron chi connectivity index (χ3n) is 13.1. The molecule has 11 aromatic rings. The Morgan fingerprint density at radius 3 is 1.77 bits per heavy atom. The van der Waals surface area contributed by atoms with Gasteiger partial charge in [-0.05, 0) is 114 Å². The Bertz CT molecular complexity index is 3510. The van der Waals surface area contributed by atoms with E-state index in [1.54, 1.807) is 0 Å². The van der Waals surface area contributed by atoms with E-state index >= 15 is 0 Å². The topological polar surface area (TPSA) is 30.7 Å². The molecule has 2 heterocycles. The molecule has 3 heteroatoms. The summed E-state index contributed by atoms with van der Waals surface area (Å²) in [5.74, 6) is 0.926. The fourth-order valence-corrected chi connectivity index (χ4v) is 10.0. The Balaban J connectivity index is 0.978. The van der Waals surface area contributed by atoms with E-state index in [1.165, 1.54) is 60.5 Å². The van der Waals surface area contributed by atoms with E-state index in [0.29, 0.717) is 0 Å². The molecule has 0 amide bonds. The molecular weight excluding hydrogens is 751 g/mol. The maximum atomic E-state index is 5.17. The van der Waals surface area contributed by atoms with E-state index in [1.807, 2.05) is 0 Å². The van der Waals surface area contributed by atoms with Crippen LogP contribution in [-0.2, 0) is 5.41 Å². The number of hydrogen-bond acceptors (Lipinski definition) is 2. The molecule has 0 fully saturated rings. The van der Waals surface area contributed by atoms with Crippen molar-refractivity contribution in [3.05, 3.63) is 224 Å². The summed E-state index contributed by atoms with van der Waals surface area (Å²) in [5, 5.41) is 4.84. The predicted molar refractivity (Wildman–Crippen MR) is 259 cm³/mol. The van der Waals surface area contributed by atoms with Crippen LogP contribution in [0.3, 0.4) is 0 Å². The van der Waals surface area contributed by atoms with Crippen LogP contribution in [0.1, 0.15) is 25.0 Å². The molecule has 0 N–H and O–H groups in total. The van der Waals surface area contributed by atoms with Crippen molar-refractivity contribution in [1.82, 2.24) is 14.5 Å². The zero-order chi connectivity index (χ0) is 41.4. The SMILES string of the molecule is CC1(C)c2ccccc2-c2ccc(-c3ccc(-c4c5ccccc5c(-c5ccccc5)c5cc(-c6ccc(-c7nc8ccccc8n7-c7ccccc7)cc6)ccc45)cn3)cc21. The van der Waals surface area contributed by atoms with Crippen LogP contribution in [0.2, 0.25) is 0 Å². The Kier molecular flexibility index (Phi) is 8.20. The quantitative estimate of drug-likeness (QED) is 0.157. The summed E-state index contributed by atoms with van der Waals surface area (Å²) in [6, 6.07) is 74.5. The monoisotopic (exact) mass is 791 g/mol.